The van der Waals surface area contributed by atoms with E-state index in [9.17, 15) is 9.59 Å². The fourth-order valence-electron chi connectivity index (χ4n) is 0.982. The lowest BCUT2D eigenvalue weighted by molar-refractivity contribution is -0.121. The normalized spacial score (nSPS) is 12.2. The van der Waals surface area contributed by atoms with Crippen molar-refractivity contribution in [2.45, 2.75) is 33.1 Å². The predicted molar refractivity (Wildman–Crippen MR) is 50.9 cm³/mol. The number of carbonyl (C=O) groups excluding carboxylic acids is 2. The molecule has 3 N–H and O–H groups in total. The van der Waals surface area contributed by atoms with Crippen molar-refractivity contribution in [2.75, 3.05) is 6.54 Å². The molecule has 0 radical (unpaired) electrons. The first kappa shape index (κ1) is 11.9. The first-order valence-corrected chi connectivity index (χ1v) is 4.57. The van der Waals surface area contributed by atoms with Gasteiger partial charge in [0.2, 0.25) is 11.8 Å². The smallest absolute Gasteiger partial charge is 0.220 e. The Labute approximate surface area is 78.9 Å². The number of rotatable bonds is 6. The summed E-state index contributed by atoms with van der Waals surface area (Å²) in [4.78, 5) is 21.1. The highest BCUT2D eigenvalue weighted by molar-refractivity contribution is 5.76. The molecule has 0 spiro atoms. The van der Waals surface area contributed by atoms with Gasteiger partial charge in [0, 0.05) is 19.4 Å². The van der Waals surface area contributed by atoms with Crippen LogP contribution in [0.2, 0.25) is 0 Å². The van der Waals surface area contributed by atoms with E-state index >= 15 is 0 Å². The van der Waals surface area contributed by atoms with Crippen molar-refractivity contribution in [3.63, 3.8) is 0 Å². The lowest BCUT2D eigenvalue weighted by Crippen LogP contribution is -2.22. The zero-order valence-corrected chi connectivity index (χ0v) is 8.30. The molecule has 2 amide bonds. The van der Waals surface area contributed by atoms with Crippen LogP contribution >= 0.6 is 0 Å². The maximum absolute atomic E-state index is 10.6. The van der Waals surface area contributed by atoms with Gasteiger partial charge in [0.15, 0.2) is 0 Å². The molecule has 0 saturated heterocycles. The molecule has 1 atom stereocenters. The molecule has 0 aliphatic rings. The van der Waals surface area contributed by atoms with Crippen LogP contribution in [0.5, 0.6) is 0 Å². The Hall–Kier alpha value is -1.06. The Balaban J connectivity index is 3.26. The van der Waals surface area contributed by atoms with E-state index in [0.717, 1.165) is 19.3 Å². The summed E-state index contributed by atoms with van der Waals surface area (Å²) in [6.07, 6.45) is 2.62. The van der Waals surface area contributed by atoms with Gasteiger partial charge < -0.3 is 11.1 Å². The molecule has 0 fully saturated rings. The van der Waals surface area contributed by atoms with Gasteiger partial charge in [-0.3, -0.25) is 9.59 Å². The maximum Gasteiger partial charge on any atom is 0.220 e. The van der Waals surface area contributed by atoms with Gasteiger partial charge in [-0.25, -0.2) is 0 Å². The van der Waals surface area contributed by atoms with E-state index in [-0.39, 0.29) is 17.7 Å². The minimum Gasteiger partial charge on any atom is -0.369 e. The van der Waals surface area contributed by atoms with Gasteiger partial charge in [0.1, 0.15) is 0 Å². The molecular weight excluding hydrogens is 168 g/mol. The predicted octanol–water partition coefficient (Wildman–Crippen LogP) is 0.414. The number of nitrogens with two attached hydrogens (primary N) is 1. The number of nitrogens with one attached hydrogen (secondary N) is 1. The summed E-state index contributed by atoms with van der Waals surface area (Å²) < 4.78 is 0. The average molecular weight is 186 g/mol. The van der Waals surface area contributed by atoms with Gasteiger partial charge in [-0.1, -0.05) is 13.3 Å². The van der Waals surface area contributed by atoms with Crippen LogP contribution < -0.4 is 11.1 Å². The van der Waals surface area contributed by atoms with E-state index in [1.165, 1.54) is 6.92 Å². The van der Waals surface area contributed by atoms with Crippen LogP contribution in [-0.4, -0.2) is 18.4 Å². The molecule has 0 heterocycles. The van der Waals surface area contributed by atoms with Crippen LogP contribution in [0.15, 0.2) is 0 Å². The Morgan fingerprint density at radius 3 is 2.46 bits per heavy atom. The van der Waals surface area contributed by atoms with Crippen LogP contribution in [-0.2, 0) is 9.59 Å². The van der Waals surface area contributed by atoms with Crippen molar-refractivity contribution in [1.82, 2.24) is 5.32 Å². The fraction of sp³-hybridized carbons (Fsp3) is 0.778. The third-order valence-corrected chi connectivity index (χ3v) is 1.92. The van der Waals surface area contributed by atoms with Crippen LogP contribution in [0.1, 0.15) is 33.1 Å². The molecule has 0 rings (SSSR count). The Morgan fingerprint density at radius 2 is 2.00 bits per heavy atom. The molecule has 4 heteroatoms. The molecule has 0 aromatic heterocycles. The number of unbranched alkanes of at least 4 members (excludes halogenated alkanes) is 1. The highest BCUT2D eigenvalue weighted by Gasteiger charge is 2.06. The zero-order valence-electron chi connectivity index (χ0n) is 8.30. The van der Waals surface area contributed by atoms with Gasteiger partial charge in [-0.05, 0) is 12.8 Å². The van der Waals surface area contributed by atoms with Gasteiger partial charge in [-0.2, -0.15) is 0 Å². The number of hydrogen-bond acceptors (Lipinski definition) is 2. The molecule has 0 saturated carbocycles. The number of carbonyl (C=O) groups is 2. The first-order chi connectivity index (χ1) is 6.04. The van der Waals surface area contributed by atoms with Crippen molar-refractivity contribution in [2.24, 2.45) is 11.7 Å². The van der Waals surface area contributed by atoms with E-state index in [4.69, 9.17) is 5.73 Å². The van der Waals surface area contributed by atoms with E-state index in [2.05, 4.69) is 5.32 Å². The van der Waals surface area contributed by atoms with Crippen molar-refractivity contribution in [1.29, 1.82) is 0 Å². The maximum atomic E-state index is 10.6. The van der Waals surface area contributed by atoms with Crippen LogP contribution in [0.3, 0.4) is 0 Å². The largest absolute Gasteiger partial charge is 0.369 e. The summed E-state index contributed by atoms with van der Waals surface area (Å²) >= 11 is 0. The monoisotopic (exact) mass is 186 g/mol. The summed E-state index contributed by atoms with van der Waals surface area (Å²) in [6, 6.07) is 0. The summed E-state index contributed by atoms with van der Waals surface area (Å²) in [5.41, 5.74) is 5.09. The lowest BCUT2D eigenvalue weighted by Gasteiger charge is -2.06. The second-order valence-corrected chi connectivity index (χ2v) is 3.28. The number of amides is 2. The second-order valence-electron chi connectivity index (χ2n) is 3.28. The molecule has 0 aromatic carbocycles. The standard InChI is InChI=1S/C9H18N2O2/c1-7(9(10)13)5-3-4-6-11-8(2)12/h7H,3-6H2,1-2H3,(H2,10,13)(H,11,12). The molecule has 76 valence electrons. The van der Waals surface area contributed by atoms with Crippen LogP contribution in [0.25, 0.3) is 0 Å². The van der Waals surface area contributed by atoms with Crippen molar-refractivity contribution < 1.29 is 9.59 Å². The molecule has 0 bridgehead atoms. The van der Waals surface area contributed by atoms with E-state index in [1.807, 2.05) is 6.92 Å². The number of primary amides is 1. The Kier molecular flexibility index (Phi) is 5.93. The van der Waals surface area contributed by atoms with E-state index in [1.54, 1.807) is 0 Å². The molecule has 13 heavy (non-hydrogen) atoms. The topological polar surface area (TPSA) is 72.2 Å². The molecule has 0 aliphatic heterocycles. The second kappa shape index (κ2) is 6.46. The van der Waals surface area contributed by atoms with E-state index < -0.39 is 0 Å². The van der Waals surface area contributed by atoms with Gasteiger partial charge in [-0.15, -0.1) is 0 Å². The molecule has 4 nitrogen and oxygen atoms in total. The fourth-order valence-corrected chi connectivity index (χ4v) is 0.982. The van der Waals surface area contributed by atoms with Crippen molar-refractivity contribution >= 4 is 11.8 Å². The Morgan fingerprint density at radius 1 is 1.38 bits per heavy atom. The Bertz CT molecular complexity index is 180. The third-order valence-electron chi connectivity index (χ3n) is 1.92. The first-order valence-electron chi connectivity index (χ1n) is 4.57. The third kappa shape index (κ3) is 7.31. The lowest BCUT2D eigenvalue weighted by atomic mass is 10.0. The SMILES string of the molecule is CC(=O)NCCCCC(C)C(N)=O. The average Bonchev–Trinajstić information content (AvgIpc) is 2.02. The molecule has 0 aliphatic carbocycles. The van der Waals surface area contributed by atoms with Crippen LogP contribution in [0, 0.1) is 5.92 Å². The summed E-state index contributed by atoms with van der Waals surface area (Å²) in [5, 5.41) is 2.69. The number of hydrogen-bond donors (Lipinski definition) is 2. The molecular formula is C9H18N2O2. The minimum absolute atomic E-state index is 0.0112. The van der Waals surface area contributed by atoms with Crippen molar-refractivity contribution in [3.8, 4) is 0 Å². The van der Waals surface area contributed by atoms with E-state index in [0.29, 0.717) is 6.54 Å². The van der Waals surface area contributed by atoms with Gasteiger partial charge in [0.25, 0.3) is 0 Å². The summed E-state index contributed by atoms with van der Waals surface area (Å²) in [7, 11) is 0. The minimum atomic E-state index is -0.250. The highest BCUT2D eigenvalue weighted by Crippen LogP contribution is 2.05. The van der Waals surface area contributed by atoms with Gasteiger partial charge >= 0.3 is 0 Å². The van der Waals surface area contributed by atoms with Crippen molar-refractivity contribution in [3.05, 3.63) is 0 Å². The zero-order chi connectivity index (χ0) is 10.3. The van der Waals surface area contributed by atoms with Crippen LogP contribution in [0.4, 0.5) is 0 Å². The molecule has 0 aromatic rings. The summed E-state index contributed by atoms with van der Waals surface area (Å²) in [6.45, 7) is 3.99. The molecule has 1 unspecified atom stereocenters. The van der Waals surface area contributed by atoms with Gasteiger partial charge in [0.05, 0.1) is 0 Å². The quantitative estimate of drug-likeness (QED) is 0.590. The summed E-state index contributed by atoms with van der Waals surface area (Å²) in [5.74, 6) is -0.320. The highest BCUT2D eigenvalue weighted by atomic mass is 16.1.